The monoisotopic (exact) mass is 178 g/mol. The van der Waals surface area contributed by atoms with E-state index in [9.17, 15) is 9.18 Å². The van der Waals surface area contributed by atoms with Crippen LogP contribution in [-0.4, -0.2) is 6.29 Å². The average molecular weight is 178 g/mol. The van der Waals surface area contributed by atoms with Gasteiger partial charge in [0.2, 0.25) is 0 Å². The second-order valence-electron chi connectivity index (χ2n) is 3.53. The zero-order chi connectivity index (χ0) is 9.31. The third kappa shape index (κ3) is 1.37. The summed E-state index contributed by atoms with van der Waals surface area (Å²) in [6.07, 6.45) is 2.09. The number of benzene rings is 1. The molecular formula is C11H11FO. The maximum Gasteiger partial charge on any atom is 0.193 e. The molecular weight excluding hydrogens is 167 g/mol. The minimum atomic E-state index is -1.73. The molecule has 1 nitrogen and oxygen atoms in total. The summed E-state index contributed by atoms with van der Waals surface area (Å²) in [5, 5.41) is 0. The van der Waals surface area contributed by atoms with Gasteiger partial charge in [-0.2, -0.15) is 0 Å². The Labute approximate surface area is 76.6 Å². The predicted octanol–water partition coefficient (Wildman–Crippen LogP) is 2.46. The van der Waals surface area contributed by atoms with E-state index >= 15 is 0 Å². The highest BCUT2D eigenvalue weighted by atomic mass is 19.1. The lowest BCUT2D eigenvalue weighted by molar-refractivity contribution is -0.119. The van der Waals surface area contributed by atoms with Crippen molar-refractivity contribution >= 4 is 6.29 Å². The van der Waals surface area contributed by atoms with Crippen LogP contribution in [-0.2, 0) is 10.5 Å². The van der Waals surface area contributed by atoms with Crippen LogP contribution in [0, 0.1) is 5.92 Å². The fourth-order valence-corrected chi connectivity index (χ4v) is 1.60. The maximum absolute atomic E-state index is 14.1. The minimum absolute atomic E-state index is 0.0904. The van der Waals surface area contributed by atoms with Gasteiger partial charge in [0, 0.05) is 5.92 Å². The third-order valence-corrected chi connectivity index (χ3v) is 2.56. The van der Waals surface area contributed by atoms with E-state index in [0.717, 1.165) is 12.8 Å². The third-order valence-electron chi connectivity index (χ3n) is 2.56. The second kappa shape index (κ2) is 2.95. The molecule has 13 heavy (non-hydrogen) atoms. The summed E-state index contributed by atoms with van der Waals surface area (Å²) in [5.41, 5.74) is -1.24. The van der Waals surface area contributed by atoms with Crippen molar-refractivity contribution < 1.29 is 9.18 Å². The quantitative estimate of drug-likeness (QED) is 0.650. The molecule has 0 amide bonds. The van der Waals surface area contributed by atoms with E-state index in [0.29, 0.717) is 11.8 Å². The summed E-state index contributed by atoms with van der Waals surface area (Å²) in [6.45, 7) is 0. The van der Waals surface area contributed by atoms with E-state index in [1.165, 1.54) is 0 Å². The normalized spacial score (nSPS) is 20.7. The molecule has 1 aliphatic rings. The van der Waals surface area contributed by atoms with Gasteiger partial charge < -0.3 is 0 Å². The van der Waals surface area contributed by atoms with Gasteiger partial charge in [0.05, 0.1) is 0 Å². The summed E-state index contributed by atoms with van der Waals surface area (Å²) < 4.78 is 14.1. The lowest BCUT2D eigenvalue weighted by Crippen LogP contribution is -2.24. The number of rotatable bonds is 3. The minimum Gasteiger partial charge on any atom is -0.299 e. The molecule has 0 N–H and O–H groups in total. The Morgan fingerprint density at radius 2 is 1.92 bits per heavy atom. The van der Waals surface area contributed by atoms with Gasteiger partial charge in [-0.1, -0.05) is 30.3 Å². The summed E-state index contributed by atoms with van der Waals surface area (Å²) >= 11 is 0. The summed E-state index contributed by atoms with van der Waals surface area (Å²) in [7, 11) is 0. The smallest absolute Gasteiger partial charge is 0.193 e. The van der Waals surface area contributed by atoms with Gasteiger partial charge in [-0.25, -0.2) is 4.39 Å². The number of aldehydes is 1. The van der Waals surface area contributed by atoms with Crippen molar-refractivity contribution in [3.63, 3.8) is 0 Å². The first-order valence-corrected chi connectivity index (χ1v) is 4.48. The fraction of sp³-hybridized carbons (Fsp3) is 0.364. The van der Waals surface area contributed by atoms with E-state index in [1.54, 1.807) is 24.3 Å². The van der Waals surface area contributed by atoms with Gasteiger partial charge in [0.25, 0.3) is 0 Å². The molecule has 2 heteroatoms. The van der Waals surface area contributed by atoms with E-state index in [4.69, 9.17) is 0 Å². The van der Waals surface area contributed by atoms with Crippen molar-refractivity contribution in [2.24, 2.45) is 5.92 Å². The van der Waals surface area contributed by atoms with Crippen LogP contribution >= 0.6 is 0 Å². The predicted molar refractivity (Wildman–Crippen MR) is 48.0 cm³/mol. The highest BCUT2D eigenvalue weighted by Gasteiger charge is 2.47. The van der Waals surface area contributed by atoms with Crippen LogP contribution in [0.3, 0.4) is 0 Å². The van der Waals surface area contributed by atoms with Gasteiger partial charge in [-0.15, -0.1) is 0 Å². The second-order valence-corrected chi connectivity index (χ2v) is 3.53. The van der Waals surface area contributed by atoms with E-state index in [1.807, 2.05) is 6.07 Å². The highest BCUT2D eigenvalue weighted by Crippen LogP contribution is 2.47. The number of hydrogen-bond donors (Lipinski definition) is 0. The number of halogens is 1. The van der Waals surface area contributed by atoms with Crippen LogP contribution in [0.25, 0.3) is 0 Å². The van der Waals surface area contributed by atoms with Crippen LogP contribution < -0.4 is 0 Å². The van der Waals surface area contributed by atoms with E-state index < -0.39 is 5.67 Å². The standard InChI is InChI=1S/C11H11FO/c12-11(8-13,10-6-7-10)9-4-2-1-3-5-9/h1-5,8,10H,6-7H2. The molecule has 0 radical (unpaired) electrons. The first-order chi connectivity index (χ1) is 6.27. The van der Waals surface area contributed by atoms with Crippen molar-refractivity contribution in [1.82, 2.24) is 0 Å². The summed E-state index contributed by atoms with van der Waals surface area (Å²) in [6, 6.07) is 8.69. The van der Waals surface area contributed by atoms with E-state index in [-0.39, 0.29) is 5.92 Å². The molecule has 0 aromatic heterocycles. The Bertz CT molecular complexity index is 305. The fourth-order valence-electron chi connectivity index (χ4n) is 1.60. The number of carbonyl (C=O) groups is 1. The maximum atomic E-state index is 14.1. The number of hydrogen-bond acceptors (Lipinski definition) is 1. The first-order valence-electron chi connectivity index (χ1n) is 4.48. The van der Waals surface area contributed by atoms with Crippen molar-refractivity contribution in [3.05, 3.63) is 35.9 Å². The Morgan fingerprint density at radius 3 is 2.38 bits per heavy atom. The Kier molecular flexibility index (Phi) is 1.91. The van der Waals surface area contributed by atoms with Gasteiger partial charge in [0.1, 0.15) is 0 Å². The largest absolute Gasteiger partial charge is 0.299 e. The van der Waals surface area contributed by atoms with Crippen LogP contribution in [0.1, 0.15) is 18.4 Å². The van der Waals surface area contributed by atoms with Crippen molar-refractivity contribution in [3.8, 4) is 0 Å². The van der Waals surface area contributed by atoms with Gasteiger partial charge in [-0.05, 0) is 18.4 Å². The van der Waals surface area contributed by atoms with Crippen LogP contribution in [0.2, 0.25) is 0 Å². The zero-order valence-electron chi connectivity index (χ0n) is 7.24. The molecule has 2 rings (SSSR count). The topological polar surface area (TPSA) is 17.1 Å². The molecule has 1 atom stereocenters. The van der Waals surface area contributed by atoms with Crippen LogP contribution in [0.5, 0.6) is 0 Å². The molecule has 0 saturated heterocycles. The molecule has 68 valence electrons. The molecule has 0 spiro atoms. The molecule has 1 unspecified atom stereocenters. The molecule has 1 fully saturated rings. The van der Waals surface area contributed by atoms with Gasteiger partial charge >= 0.3 is 0 Å². The lowest BCUT2D eigenvalue weighted by Gasteiger charge is -2.18. The zero-order valence-corrected chi connectivity index (χ0v) is 7.24. The molecule has 1 aromatic rings. The van der Waals surface area contributed by atoms with Crippen LogP contribution in [0.15, 0.2) is 30.3 Å². The lowest BCUT2D eigenvalue weighted by atomic mass is 9.92. The molecule has 1 aromatic carbocycles. The van der Waals surface area contributed by atoms with Crippen molar-refractivity contribution in [2.45, 2.75) is 18.5 Å². The van der Waals surface area contributed by atoms with Gasteiger partial charge in [-0.3, -0.25) is 4.79 Å². The highest BCUT2D eigenvalue weighted by molar-refractivity contribution is 5.67. The number of alkyl halides is 1. The van der Waals surface area contributed by atoms with Crippen LogP contribution in [0.4, 0.5) is 4.39 Å². The van der Waals surface area contributed by atoms with Crippen molar-refractivity contribution in [1.29, 1.82) is 0 Å². The average Bonchev–Trinajstić information content (AvgIpc) is 3.02. The molecule has 1 saturated carbocycles. The molecule has 0 heterocycles. The SMILES string of the molecule is O=CC(F)(c1ccccc1)C1CC1. The summed E-state index contributed by atoms with van der Waals surface area (Å²) in [4.78, 5) is 10.7. The Morgan fingerprint density at radius 1 is 1.31 bits per heavy atom. The summed E-state index contributed by atoms with van der Waals surface area (Å²) in [5.74, 6) is -0.0904. The molecule has 0 bridgehead atoms. The van der Waals surface area contributed by atoms with Crippen molar-refractivity contribution in [2.75, 3.05) is 0 Å². The Hall–Kier alpha value is -1.18. The molecule has 0 aliphatic heterocycles. The molecule has 1 aliphatic carbocycles. The number of carbonyl (C=O) groups excluding carboxylic acids is 1. The van der Waals surface area contributed by atoms with E-state index in [2.05, 4.69) is 0 Å². The Balaban J connectivity index is 2.36. The first kappa shape index (κ1) is 8.42. The van der Waals surface area contributed by atoms with Gasteiger partial charge in [0.15, 0.2) is 12.0 Å².